The van der Waals surface area contributed by atoms with E-state index in [-0.39, 0.29) is 0 Å². The molecule has 0 bridgehead atoms. The minimum Gasteiger partial charge on any atom is -0.356 e. The first-order chi connectivity index (χ1) is 13.1. The number of anilines is 1. The van der Waals surface area contributed by atoms with Crippen LogP contribution in [0.2, 0.25) is 0 Å². The Balaban J connectivity index is 1.45. The van der Waals surface area contributed by atoms with Gasteiger partial charge in [0.15, 0.2) is 5.96 Å². The molecule has 3 heterocycles. The molecule has 1 fully saturated rings. The highest BCUT2D eigenvalue weighted by Gasteiger charge is 2.22. The second-order valence-corrected chi connectivity index (χ2v) is 8.50. The summed E-state index contributed by atoms with van der Waals surface area (Å²) in [6, 6.07) is 0. The predicted octanol–water partition coefficient (Wildman–Crippen LogP) is 2.62. The van der Waals surface area contributed by atoms with E-state index in [2.05, 4.69) is 55.6 Å². The maximum absolute atomic E-state index is 4.70. The van der Waals surface area contributed by atoms with E-state index in [0.717, 1.165) is 62.5 Å². The Labute approximate surface area is 169 Å². The number of aryl methyl sites for hydroxylation is 1. The molecule has 1 aliphatic heterocycles. The summed E-state index contributed by atoms with van der Waals surface area (Å²) in [6.07, 6.45) is 1.82. The smallest absolute Gasteiger partial charge is 0.205 e. The number of piperazine rings is 1. The summed E-state index contributed by atoms with van der Waals surface area (Å²) in [7, 11) is 1.85. The second-order valence-electron chi connectivity index (χ2n) is 6.88. The van der Waals surface area contributed by atoms with E-state index in [1.54, 1.807) is 11.3 Å². The third kappa shape index (κ3) is 5.16. The molecule has 0 radical (unpaired) electrons. The van der Waals surface area contributed by atoms with Gasteiger partial charge < -0.3 is 15.1 Å². The third-order valence-electron chi connectivity index (χ3n) is 4.56. The van der Waals surface area contributed by atoms with Crippen molar-refractivity contribution in [3.8, 4) is 0 Å². The number of hydrogen-bond acceptors (Lipinski definition) is 7. The van der Waals surface area contributed by atoms with E-state index in [4.69, 9.17) is 4.98 Å². The molecule has 0 aromatic carbocycles. The summed E-state index contributed by atoms with van der Waals surface area (Å²) < 4.78 is 4.40. The van der Waals surface area contributed by atoms with Gasteiger partial charge in [0.2, 0.25) is 5.13 Å². The zero-order valence-corrected chi connectivity index (χ0v) is 18.2. The van der Waals surface area contributed by atoms with Gasteiger partial charge in [-0.1, -0.05) is 20.8 Å². The summed E-state index contributed by atoms with van der Waals surface area (Å²) in [5.74, 6) is 2.42. The van der Waals surface area contributed by atoms with Crippen LogP contribution in [0, 0.1) is 0 Å². The monoisotopic (exact) mass is 407 g/mol. The molecule has 1 N–H and O–H groups in total. The Morgan fingerprint density at radius 3 is 2.63 bits per heavy atom. The second kappa shape index (κ2) is 9.45. The van der Waals surface area contributed by atoms with Crippen molar-refractivity contribution in [1.82, 2.24) is 24.6 Å². The van der Waals surface area contributed by atoms with Crippen molar-refractivity contribution in [3.05, 3.63) is 21.9 Å². The van der Waals surface area contributed by atoms with Crippen LogP contribution in [-0.4, -0.2) is 65.0 Å². The van der Waals surface area contributed by atoms with Crippen molar-refractivity contribution in [3.63, 3.8) is 0 Å². The molecule has 0 aliphatic carbocycles. The zero-order chi connectivity index (χ0) is 19.2. The average Bonchev–Trinajstić information content (AvgIpc) is 3.35. The average molecular weight is 408 g/mol. The van der Waals surface area contributed by atoms with Crippen LogP contribution >= 0.6 is 22.9 Å². The molecule has 1 aliphatic rings. The largest absolute Gasteiger partial charge is 0.356 e. The number of aromatic nitrogens is 3. The van der Waals surface area contributed by atoms with Gasteiger partial charge >= 0.3 is 0 Å². The lowest BCUT2D eigenvalue weighted by Gasteiger charge is -2.36. The molecule has 27 heavy (non-hydrogen) atoms. The molecule has 2 aromatic heterocycles. The number of aliphatic imine (C=N–C) groups is 1. The SMILES string of the molecule is CCc1nsc(N2CCN(C(=NC)NCCc3csc(C(C)C)n3)CC2)n1. The summed E-state index contributed by atoms with van der Waals surface area (Å²) in [5, 5.41) is 7.92. The van der Waals surface area contributed by atoms with Crippen LogP contribution in [0.1, 0.15) is 43.2 Å². The van der Waals surface area contributed by atoms with Gasteiger partial charge in [-0.05, 0) is 0 Å². The molecule has 9 heteroatoms. The van der Waals surface area contributed by atoms with E-state index in [1.165, 1.54) is 22.2 Å². The molecule has 0 saturated carbocycles. The van der Waals surface area contributed by atoms with Gasteiger partial charge in [0.25, 0.3) is 0 Å². The Bertz CT molecular complexity index is 744. The summed E-state index contributed by atoms with van der Waals surface area (Å²) in [5.41, 5.74) is 1.17. The molecule has 1 saturated heterocycles. The van der Waals surface area contributed by atoms with Crippen molar-refractivity contribution < 1.29 is 0 Å². The number of rotatable bonds is 6. The fourth-order valence-corrected chi connectivity index (χ4v) is 4.63. The molecular formula is C18H29N7S2. The van der Waals surface area contributed by atoms with Gasteiger partial charge in [-0.15, -0.1) is 11.3 Å². The van der Waals surface area contributed by atoms with Crippen molar-refractivity contribution in [2.24, 2.45) is 4.99 Å². The fourth-order valence-electron chi connectivity index (χ4n) is 2.96. The Morgan fingerprint density at radius 2 is 2.04 bits per heavy atom. The van der Waals surface area contributed by atoms with Crippen LogP contribution in [0.15, 0.2) is 10.4 Å². The highest BCUT2D eigenvalue weighted by atomic mass is 32.1. The predicted molar refractivity (Wildman–Crippen MR) is 114 cm³/mol. The van der Waals surface area contributed by atoms with Crippen LogP contribution < -0.4 is 10.2 Å². The van der Waals surface area contributed by atoms with E-state index in [1.807, 2.05) is 7.05 Å². The molecule has 0 unspecified atom stereocenters. The highest BCUT2D eigenvalue weighted by Crippen LogP contribution is 2.20. The number of nitrogens with one attached hydrogen (secondary N) is 1. The maximum Gasteiger partial charge on any atom is 0.205 e. The van der Waals surface area contributed by atoms with Gasteiger partial charge in [0, 0.05) is 75.4 Å². The van der Waals surface area contributed by atoms with Gasteiger partial charge in [-0.2, -0.15) is 4.37 Å². The number of nitrogens with zero attached hydrogens (tertiary/aromatic N) is 6. The van der Waals surface area contributed by atoms with Gasteiger partial charge in [-0.25, -0.2) is 9.97 Å². The number of thiazole rings is 1. The lowest BCUT2D eigenvalue weighted by atomic mass is 10.2. The molecule has 2 aromatic rings. The Kier molecular flexibility index (Phi) is 7.01. The van der Waals surface area contributed by atoms with Crippen LogP contribution in [0.3, 0.4) is 0 Å². The molecule has 148 valence electrons. The van der Waals surface area contributed by atoms with E-state index < -0.39 is 0 Å². The first-order valence-corrected chi connectivity index (χ1v) is 11.2. The molecular weight excluding hydrogens is 378 g/mol. The normalized spacial score (nSPS) is 15.7. The van der Waals surface area contributed by atoms with E-state index in [9.17, 15) is 0 Å². The summed E-state index contributed by atoms with van der Waals surface area (Å²) >= 11 is 3.26. The minimum atomic E-state index is 0.502. The topological polar surface area (TPSA) is 69.5 Å². The zero-order valence-electron chi connectivity index (χ0n) is 16.6. The van der Waals surface area contributed by atoms with Crippen LogP contribution in [-0.2, 0) is 12.8 Å². The van der Waals surface area contributed by atoms with Crippen LogP contribution in [0.4, 0.5) is 5.13 Å². The first-order valence-electron chi connectivity index (χ1n) is 9.58. The van der Waals surface area contributed by atoms with Crippen LogP contribution in [0.25, 0.3) is 0 Å². The molecule has 0 spiro atoms. The van der Waals surface area contributed by atoms with Gasteiger partial charge in [0.1, 0.15) is 5.82 Å². The minimum absolute atomic E-state index is 0.502. The summed E-state index contributed by atoms with van der Waals surface area (Å²) in [4.78, 5) is 18.4. The molecule has 0 atom stereocenters. The summed E-state index contributed by atoms with van der Waals surface area (Å²) in [6.45, 7) is 11.1. The third-order valence-corrected chi connectivity index (χ3v) is 6.57. The quantitative estimate of drug-likeness (QED) is 0.586. The van der Waals surface area contributed by atoms with E-state index in [0.29, 0.717) is 5.92 Å². The number of hydrogen-bond donors (Lipinski definition) is 1. The van der Waals surface area contributed by atoms with Gasteiger partial charge in [-0.3, -0.25) is 4.99 Å². The van der Waals surface area contributed by atoms with Crippen molar-refractivity contribution >= 4 is 34.0 Å². The fraction of sp³-hybridized carbons (Fsp3) is 0.667. The lowest BCUT2D eigenvalue weighted by molar-refractivity contribution is 0.372. The maximum atomic E-state index is 4.70. The lowest BCUT2D eigenvalue weighted by Crippen LogP contribution is -2.52. The standard InChI is InChI=1S/C18H29N7S2/c1-5-15-22-18(27-23-15)25-10-8-24(9-11-25)17(19-4)20-7-6-14-12-26-16(21-14)13(2)3/h12-13H,5-11H2,1-4H3,(H,19,20). The van der Waals surface area contributed by atoms with Crippen molar-refractivity contribution in [2.75, 3.05) is 44.7 Å². The number of guanidine groups is 1. The Hall–Kier alpha value is -1.74. The molecule has 7 nitrogen and oxygen atoms in total. The van der Waals surface area contributed by atoms with Crippen LogP contribution in [0.5, 0.6) is 0 Å². The highest BCUT2D eigenvalue weighted by molar-refractivity contribution is 7.10. The van der Waals surface area contributed by atoms with Crippen molar-refractivity contribution in [1.29, 1.82) is 0 Å². The van der Waals surface area contributed by atoms with Crippen molar-refractivity contribution in [2.45, 2.75) is 39.5 Å². The van der Waals surface area contributed by atoms with E-state index >= 15 is 0 Å². The first kappa shape index (κ1) is 20.0. The molecule has 0 amide bonds. The molecule has 3 rings (SSSR count). The Morgan fingerprint density at radius 1 is 1.26 bits per heavy atom. The van der Waals surface area contributed by atoms with Gasteiger partial charge in [0.05, 0.1) is 10.7 Å².